The van der Waals surface area contributed by atoms with Gasteiger partial charge in [-0.05, 0) is 37.5 Å². The average molecular weight is 213 g/mol. The van der Waals surface area contributed by atoms with Crippen LogP contribution in [0.25, 0.3) is 0 Å². The molecule has 3 heteroatoms. The van der Waals surface area contributed by atoms with Crippen molar-refractivity contribution in [1.29, 1.82) is 0 Å². The number of rotatable bonds is 5. The van der Waals surface area contributed by atoms with Gasteiger partial charge >= 0.3 is 0 Å². The van der Waals surface area contributed by atoms with Crippen molar-refractivity contribution in [1.82, 2.24) is 4.98 Å². The molecule has 0 aliphatic rings. The number of hydrogen-bond donors (Lipinski definition) is 1. The quantitative estimate of drug-likeness (QED) is 0.759. The molecule has 1 atom stereocenters. The predicted molar refractivity (Wildman–Crippen MR) is 62.0 cm³/mol. The maximum absolute atomic E-state index is 5.71. The molecule has 0 bridgehead atoms. The summed E-state index contributed by atoms with van der Waals surface area (Å²) in [6.07, 6.45) is 3.88. The number of aryl methyl sites for hydroxylation is 1. The van der Waals surface area contributed by atoms with Crippen LogP contribution in [0.1, 0.15) is 25.3 Å². The second kappa shape index (κ2) is 5.86. The van der Waals surface area contributed by atoms with Gasteiger partial charge in [0.1, 0.15) is 5.82 Å². The third kappa shape index (κ3) is 3.54. The summed E-state index contributed by atoms with van der Waals surface area (Å²) in [5.74, 6) is 1.64. The van der Waals surface area contributed by atoms with Gasteiger partial charge in [0.2, 0.25) is 0 Å². The molecule has 0 aliphatic heterocycles. The molecule has 14 heavy (non-hydrogen) atoms. The minimum atomic E-state index is 0.432. The summed E-state index contributed by atoms with van der Waals surface area (Å²) in [7, 11) is 0. The fraction of sp³-hybridized carbons (Fsp3) is 0.545. The zero-order chi connectivity index (χ0) is 10.4. The van der Waals surface area contributed by atoms with E-state index in [1.54, 1.807) is 0 Å². The summed E-state index contributed by atoms with van der Waals surface area (Å²) >= 11 is 5.71. The molecule has 78 valence electrons. The summed E-state index contributed by atoms with van der Waals surface area (Å²) in [6, 6.07) is 4.48. The van der Waals surface area contributed by atoms with Gasteiger partial charge in [0.15, 0.2) is 0 Å². The van der Waals surface area contributed by atoms with Crippen molar-refractivity contribution < 1.29 is 0 Å². The van der Waals surface area contributed by atoms with Crippen LogP contribution in [0.2, 0.25) is 0 Å². The summed E-state index contributed by atoms with van der Waals surface area (Å²) in [5, 5.41) is 3.37. The topological polar surface area (TPSA) is 24.9 Å². The number of nitrogens with zero attached hydrogens (tertiary/aromatic N) is 1. The molecule has 0 spiro atoms. The number of anilines is 1. The molecular formula is C11H17ClN2. The summed E-state index contributed by atoms with van der Waals surface area (Å²) in [5.41, 5.74) is 1.23. The number of nitrogens with one attached hydrogen (secondary N) is 1. The van der Waals surface area contributed by atoms with E-state index in [0.717, 1.165) is 18.7 Å². The second-order valence-corrected chi connectivity index (χ2v) is 3.82. The smallest absolute Gasteiger partial charge is 0.126 e. The molecule has 0 aromatic carbocycles. The predicted octanol–water partition coefficient (Wildman–Crippen LogP) is 3.21. The first-order chi connectivity index (χ1) is 6.76. The normalized spacial score (nSPS) is 12.5. The lowest BCUT2D eigenvalue weighted by Gasteiger charge is -2.16. The Bertz CT molecular complexity index is 276. The highest BCUT2D eigenvalue weighted by Gasteiger charge is 2.05. The van der Waals surface area contributed by atoms with Crippen LogP contribution >= 0.6 is 11.6 Å². The SMILES string of the molecule is CCC(CCCl)Nc1cc(C)ccn1. The van der Waals surface area contributed by atoms with Crippen LogP contribution in [0.4, 0.5) is 5.82 Å². The minimum absolute atomic E-state index is 0.432. The first kappa shape index (κ1) is 11.3. The molecule has 1 heterocycles. The van der Waals surface area contributed by atoms with Gasteiger partial charge in [0.25, 0.3) is 0 Å². The van der Waals surface area contributed by atoms with Crippen LogP contribution in [0, 0.1) is 6.92 Å². The number of hydrogen-bond acceptors (Lipinski definition) is 2. The van der Waals surface area contributed by atoms with E-state index in [-0.39, 0.29) is 0 Å². The van der Waals surface area contributed by atoms with Crippen LogP contribution in [0.5, 0.6) is 0 Å². The van der Waals surface area contributed by atoms with Gasteiger partial charge in [-0.15, -0.1) is 11.6 Å². The highest BCUT2D eigenvalue weighted by atomic mass is 35.5. The van der Waals surface area contributed by atoms with E-state index in [9.17, 15) is 0 Å². The van der Waals surface area contributed by atoms with Gasteiger partial charge in [-0.2, -0.15) is 0 Å². The van der Waals surface area contributed by atoms with E-state index in [1.807, 2.05) is 12.3 Å². The Labute approximate surface area is 90.7 Å². The number of pyridine rings is 1. The van der Waals surface area contributed by atoms with Crippen molar-refractivity contribution in [3.8, 4) is 0 Å². The van der Waals surface area contributed by atoms with Gasteiger partial charge < -0.3 is 5.32 Å². The standard InChI is InChI=1S/C11H17ClN2/c1-3-10(4-6-12)14-11-8-9(2)5-7-13-11/h5,7-8,10H,3-4,6H2,1-2H3,(H,13,14). The lowest BCUT2D eigenvalue weighted by Crippen LogP contribution is -2.19. The Hall–Kier alpha value is -0.760. The molecule has 1 aromatic rings. The van der Waals surface area contributed by atoms with Crippen LogP contribution < -0.4 is 5.32 Å². The summed E-state index contributed by atoms with van der Waals surface area (Å²) in [4.78, 5) is 4.26. The van der Waals surface area contributed by atoms with E-state index in [0.29, 0.717) is 11.9 Å². The van der Waals surface area contributed by atoms with E-state index in [1.165, 1.54) is 5.56 Å². The third-order valence-electron chi connectivity index (χ3n) is 2.22. The molecule has 0 saturated carbocycles. The van der Waals surface area contributed by atoms with E-state index in [4.69, 9.17) is 11.6 Å². The van der Waals surface area contributed by atoms with Crippen molar-refractivity contribution in [2.45, 2.75) is 32.7 Å². The minimum Gasteiger partial charge on any atom is -0.367 e. The van der Waals surface area contributed by atoms with Crippen molar-refractivity contribution in [2.75, 3.05) is 11.2 Å². The molecule has 0 fully saturated rings. The Kier molecular flexibility index (Phi) is 4.74. The zero-order valence-corrected chi connectivity index (χ0v) is 9.51. The maximum Gasteiger partial charge on any atom is 0.126 e. The van der Waals surface area contributed by atoms with Crippen molar-refractivity contribution in [3.63, 3.8) is 0 Å². The Morgan fingerprint density at radius 3 is 2.93 bits per heavy atom. The first-order valence-corrected chi connectivity index (χ1v) is 5.55. The fourth-order valence-corrected chi connectivity index (χ4v) is 1.60. The molecule has 0 saturated heterocycles. The van der Waals surface area contributed by atoms with Gasteiger partial charge in [-0.3, -0.25) is 0 Å². The number of aromatic nitrogens is 1. The molecule has 0 radical (unpaired) electrons. The van der Waals surface area contributed by atoms with Gasteiger partial charge in [0, 0.05) is 18.1 Å². The lowest BCUT2D eigenvalue weighted by atomic mass is 10.1. The van der Waals surface area contributed by atoms with E-state index < -0.39 is 0 Å². The monoisotopic (exact) mass is 212 g/mol. The largest absolute Gasteiger partial charge is 0.367 e. The Balaban J connectivity index is 2.57. The van der Waals surface area contributed by atoms with Crippen LogP contribution in [0.3, 0.4) is 0 Å². The van der Waals surface area contributed by atoms with Gasteiger partial charge in [-0.1, -0.05) is 6.92 Å². The van der Waals surface area contributed by atoms with Gasteiger partial charge in [-0.25, -0.2) is 4.98 Å². The fourth-order valence-electron chi connectivity index (χ4n) is 1.33. The molecule has 1 rings (SSSR count). The molecule has 1 unspecified atom stereocenters. The number of alkyl halides is 1. The zero-order valence-electron chi connectivity index (χ0n) is 8.76. The Morgan fingerprint density at radius 2 is 2.36 bits per heavy atom. The van der Waals surface area contributed by atoms with Gasteiger partial charge in [0.05, 0.1) is 0 Å². The number of halogens is 1. The summed E-state index contributed by atoms with van der Waals surface area (Å²) in [6.45, 7) is 4.22. The molecule has 2 nitrogen and oxygen atoms in total. The van der Waals surface area contributed by atoms with Crippen molar-refractivity contribution >= 4 is 17.4 Å². The highest BCUT2D eigenvalue weighted by Crippen LogP contribution is 2.10. The van der Waals surface area contributed by atoms with E-state index >= 15 is 0 Å². The molecular weight excluding hydrogens is 196 g/mol. The van der Waals surface area contributed by atoms with Crippen molar-refractivity contribution in [3.05, 3.63) is 23.9 Å². The highest BCUT2D eigenvalue weighted by molar-refractivity contribution is 6.17. The third-order valence-corrected chi connectivity index (χ3v) is 2.44. The van der Waals surface area contributed by atoms with Crippen LogP contribution in [0.15, 0.2) is 18.3 Å². The lowest BCUT2D eigenvalue weighted by molar-refractivity contribution is 0.672. The van der Waals surface area contributed by atoms with Crippen molar-refractivity contribution in [2.24, 2.45) is 0 Å². The Morgan fingerprint density at radius 1 is 1.57 bits per heavy atom. The summed E-state index contributed by atoms with van der Waals surface area (Å²) < 4.78 is 0. The second-order valence-electron chi connectivity index (χ2n) is 3.45. The van der Waals surface area contributed by atoms with E-state index in [2.05, 4.69) is 30.2 Å². The molecule has 1 aromatic heterocycles. The molecule has 1 N–H and O–H groups in total. The first-order valence-electron chi connectivity index (χ1n) is 5.01. The van der Waals surface area contributed by atoms with Crippen LogP contribution in [-0.4, -0.2) is 16.9 Å². The average Bonchev–Trinajstić information content (AvgIpc) is 2.17. The maximum atomic E-state index is 5.71. The van der Waals surface area contributed by atoms with Crippen LogP contribution in [-0.2, 0) is 0 Å². The molecule has 0 aliphatic carbocycles. The molecule has 0 amide bonds.